The molecule has 1 atom stereocenters. The van der Waals surface area contributed by atoms with Crippen LogP contribution >= 0.6 is 11.3 Å². The zero-order valence-electron chi connectivity index (χ0n) is 20.1. The van der Waals surface area contributed by atoms with Crippen molar-refractivity contribution in [3.05, 3.63) is 96.2 Å². The average molecular weight is 492 g/mol. The topological polar surface area (TPSA) is 90.2 Å². The summed E-state index contributed by atoms with van der Waals surface area (Å²) in [5.74, 6) is -1.04. The molecule has 35 heavy (non-hydrogen) atoms. The molecular weight excluding hydrogens is 466 g/mol. The van der Waals surface area contributed by atoms with Gasteiger partial charge >= 0.3 is 11.9 Å². The van der Waals surface area contributed by atoms with Gasteiger partial charge in [-0.2, -0.15) is 0 Å². The lowest BCUT2D eigenvalue weighted by molar-refractivity contribution is -0.136. The molecule has 0 fully saturated rings. The summed E-state index contributed by atoms with van der Waals surface area (Å²) in [6, 6.07) is 13.7. The Morgan fingerprint density at radius 3 is 2.20 bits per heavy atom. The Balaban J connectivity index is 1.88. The lowest BCUT2D eigenvalue weighted by Gasteiger charge is -2.24. The zero-order valence-corrected chi connectivity index (χ0v) is 20.9. The number of anilines is 1. The molecule has 4 rings (SSSR count). The van der Waals surface area contributed by atoms with Crippen LogP contribution in [0.2, 0.25) is 0 Å². The van der Waals surface area contributed by atoms with Gasteiger partial charge in [-0.05, 0) is 48.4 Å². The summed E-state index contributed by atoms with van der Waals surface area (Å²) in [6.45, 7) is 1.72. The number of hydrogen-bond acceptors (Lipinski definition) is 8. The minimum Gasteiger partial charge on any atom is -0.466 e. The highest BCUT2D eigenvalue weighted by Crippen LogP contribution is 2.30. The Bertz CT molecular complexity index is 1500. The summed E-state index contributed by atoms with van der Waals surface area (Å²) in [7, 11) is 6.53. The highest BCUT2D eigenvalue weighted by atomic mass is 32.1. The van der Waals surface area contributed by atoms with Gasteiger partial charge in [0.1, 0.15) is 0 Å². The van der Waals surface area contributed by atoms with Gasteiger partial charge in [-0.3, -0.25) is 9.36 Å². The fourth-order valence-electron chi connectivity index (χ4n) is 3.95. The number of allylic oxidation sites excluding steroid dienone is 1. The fraction of sp³-hybridized carbons (Fsp3) is 0.231. The van der Waals surface area contributed by atoms with Gasteiger partial charge in [0, 0.05) is 19.8 Å². The van der Waals surface area contributed by atoms with E-state index in [1.54, 1.807) is 31.2 Å². The van der Waals surface area contributed by atoms with E-state index >= 15 is 0 Å². The molecule has 180 valence electrons. The van der Waals surface area contributed by atoms with E-state index in [2.05, 4.69) is 4.99 Å². The maximum absolute atomic E-state index is 13.6. The molecule has 8 nitrogen and oxygen atoms in total. The third kappa shape index (κ3) is 4.54. The zero-order chi connectivity index (χ0) is 25.3. The van der Waals surface area contributed by atoms with Crippen LogP contribution in [0.15, 0.2) is 69.6 Å². The van der Waals surface area contributed by atoms with Crippen LogP contribution in [0.4, 0.5) is 5.69 Å². The number of benzene rings is 2. The Hall–Kier alpha value is -3.98. The van der Waals surface area contributed by atoms with Crippen LogP contribution in [-0.2, 0) is 14.3 Å². The van der Waals surface area contributed by atoms with Crippen LogP contribution in [0.5, 0.6) is 0 Å². The molecule has 1 aromatic heterocycles. The molecule has 0 N–H and O–H groups in total. The molecule has 0 radical (unpaired) electrons. The SMILES string of the molecule is COC(=O)C1=C(C)N=c2s/c(=C/c3ccc(N(C)C)cc3)c(=O)n2[C@@H]1c1ccc(C(=O)OC)cc1. The molecular formula is C26H25N3O5S. The van der Waals surface area contributed by atoms with E-state index < -0.39 is 18.0 Å². The molecule has 2 heterocycles. The predicted octanol–water partition coefficient (Wildman–Crippen LogP) is 2.26. The second-order valence-corrected chi connectivity index (χ2v) is 9.18. The lowest BCUT2D eigenvalue weighted by atomic mass is 9.95. The Kier molecular flexibility index (Phi) is 6.70. The normalized spacial score (nSPS) is 15.3. The van der Waals surface area contributed by atoms with Crippen molar-refractivity contribution >= 4 is 35.0 Å². The van der Waals surface area contributed by atoms with Crippen molar-refractivity contribution in [3.63, 3.8) is 0 Å². The number of carbonyl (C=O) groups is 2. The number of rotatable bonds is 5. The first-order valence-electron chi connectivity index (χ1n) is 10.8. The number of ether oxygens (including phenoxy) is 2. The first-order chi connectivity index (χ1) is 16.7. The van der Waals surface area contributed by atoms with Gasteiger partial charge in [0.2, 0.25) is 0 Å². The number of thiazole rings is 1. The smallest absolute Gasteiger partial charge is 0.338 e. The summed E-state index contributed by atoms with van der Waals surface area (Å²) >= 11 is 1.26. The summed E-state index contributed by atoms with van der Waals surface area (Å²) in [4.78, 5) is 45.3. The lowest BCUT2D eigenvalue weighted by Crippen LogP contribution is -2.39. The highest BCUT2D eigenvalue weighted by molar-refractivity contribution is 7.07. The van der Waals surface area contributed by atoms with Gasteiger partial charge in [-0.1, -0.05) is 35.6 Å². The van der Waals surface area contributed by atoms with Crippen LogP contribution in [-0.4, -0.2) is 44.8 Å². The Morgan fingerprint density at radius 2 is 1.63 bits per heavy atom. The summed E-state index contributed by atoms with van der Waals surface area (Å²) in [6.07, 6.45) is 1.82. The summed E-state index contributed by atoms with van der Waals surface area (Å²) in [5.41, 5.74) is 3.43. The predicted molar refractivity (Wildman–Crippen MR) is 134 cm³/mol. The number of nitrogens with zero attached hydrogens (tertiary/aromatic N) is 3. The molecule has 0 spiro atoms. The van der Waals surface area contributed by atoms with Crippen molar-refractivity contribution in [1.82, 2.24) is 4.57 Å². The van der Waals surface area contributed by atoms with E-state index in [0.717, 1.165) is 11.3 Å². The van der Waals surface area contributed by atoms with E-state index in [1.165, 1.54) is 30.1 Å². The first-order valence-corrected chi connectivity index (χ1v) is 11.6. The van der Waals surface area contributed by atoms with Crippen molar-refractivity contribution in [2.45, 2.75) is 13.0 Å². The maximum Gasteiger partial charge on any atom is 0.338 e. The fourth-order valence-corrected chi connectivity index (χ4v) is 4.99. The first kappa shape index (κ1) is 24.2. The van der Waals surface area contributed by atoms with Crippen LogP contribution in [0.1, 0.15) is 34.5 Å². The Morgan fingerprint density at radius 1 is 1.00 bits per heavy atom. The van der Waals surface area contributed by atoms with E-state index in [0.29, 0.717) is 26.2 Å². The summed E-state index contributed by atoms with van der Waals surface area (Å²) in [5, 5.41) is 0. The number of aromatic nitrogens is 1. The van der Waals surface area contributed by atoms with Gasteiger partial charge in [0.05, 0.1) is 41.6 Å². The number of methoxy groups -OCH3 is 2. The van der Waals surface area contributed by atoms with Crippen molar-refractivity contribution in [1.29, 1.82) is 0 Å². The van der Waals surface area contributed by atoms with Gasteiger partial charge in [-0.15, -0.1) is 0 Å². The van der Waals surface area contributed by atoms with Crippen LogP contribution in [0.25, 0.3) is 6.08 Å². The number of fused-ring (bicyclic) bond motifs is 1. The van der Waals surface area contributed by atoms with Crippen molar-refractivity contribution in [2.24, 2.45) is 4.99 Å². The van der Waals surface area contributed by atoms with Gasteiger partial charge in [0.15, 0.2) is 4.80 Å². The van der Waals surface area contributed by atoms with Gasteiger partial charge in [0.25, 0.3) is 5.56 Å². The molecule has 0 saturated carbocycles. The molecule has 0 aliphatic carbocycles. The van der Waals surface area contributed by atoms with Crippen molar-refractivity contribution < 1.29 is 19.1 Å². The standard InChI is InChI=1S/C26H25N3O5S/c1-15-21(25(32)34-5)22(17-8-10-18(11-9-17)24(31)33-4)29-23(30)20(35-26(29)27-15)14-16-6-12-19(13-7-16)28(2)3/h6-14,22H,1-5H3/b20-14+/t22-/m1/s1. The molecule has 0 amide bonds. The largest absolute Gasteiger partial charge is 0.466 e. The number of hydrogen-bond donors (Lipinski definition) is 0. The van der Waals surface area contributed by atoms with Crippen molar-refractivity contribution in [2.75, 3.05) is 33.2 Å². The monoisotopic (exact) mass is 491 g/mol. The van der Waals surface area contributed by atoms with Crippen LogP contribution in [0, 0.1) is 0 Å². The molecule has 1 aliphatic heterocycles. The molecule has 0 bridgehead atoms. The maximum atomic E-state index is 13.6. The van der Waals surface area contributed by atoms with E-state index in [-0.39, 0.29) is 11.1 Å². The molecule has 1 aliphatic rings. The molecule has 9 heteroatoms. The minimum absolute atomic E-state index is 0.263. The Labute approximate surface area is 206 Å². The minimum atomic E-state index is -0.747. The molecule has 2 aromatic carbocycles. The van der Waals surface area contributed by atoms with E-state index in [1.807, 2.05) is 49.3 Å². The highest BCUT2D eigenvalue weighted by Gasteiger charge is 2.33. The van der Waals surface area contributed by atoms with E-state index in [4.69, 9.17) is 9.47 Å². The van der Waals surface area contributed by atoms with Crippen LogP contribution in [0.3, 0.4) is 0 Å². The number of carbonyl (C=O) groups excluding carboxylic acids is 2. The van der Waals surface area contributed by atoms with Gasteiger partial charge in [-0.25, -0.2) is 14.6 Å². The summed E-state index contributed by atoms with van der Waals surface area (Å²) < 4.78 is 11.8. The van der Waals surface area contributed by atoms with Crippen LogP contribution < -0.4 is 19.8 Å². The molecule has 0 saturated heterocycles. The van der Waals surface area contributed by atoms with E-state index in [9.17, 15) is 14.4 Å². The molecule has 0 unspecified atom stereocenters. The third-order valence-electron chi connectivity index (χ3n) is 5.78. The molecule has 3 aromatic rings. The van der Waals surface area contributed by atoms with Gasteiger partial charge < -0.3 is 14.4 Å². The van der Waals surface area contributed by atoms with Crippen molar-refractivity contribution in [3.8, 4) is 0 Å². The second-order valence-electron chi connectivity index (χ2n) is 8.17. The number of esters is 2. The third-order valence-corrected chi connectivity index (χ3v) is 6.76. The quantitative estimate of drug-likeness (QED) is 0.509. The average Bonchev–Trinajstić information content (AvgIpc) is 3.16. The second kappa shape index (κ2) is 9.71.